The van der Waals surface area contributed by atoms with Crippen molar-refractivity contribution >= 4 is 33.2 Å². The lowest BCUT2D eigenvalue weighted by Gasteiger charge is -2.19. The van der Waals surface area contributed by atoms with Crippen LogP contribution >= 0.6 is 11.3 Å². The largest absolute Gasteiger partial charge is 0.481 e. The Morgan fingerprint density at radius 3 is 2.62 bits per heavy atom. The van der Waals surface area contributed by atoms with Crippen molar-refractivity contribution in [1.29, 1.82) is 0 Å². The van der Waals surface area contributed by atoms with E-state index in [0.717, 1.165) is 11.3 Å². The Labute approximate surface area is 127 Å². The number of carbonyl (C=O) groups excluding carboxylic acids is 1. The van der Waals surface area contributed by atoms with Gasteiger partial charge in [-0.15, -0.1) is 11.3 Å². The van der Waals surface area contributed by atoms with Crippen molar-refractivity contribution in [3.63, 3.8) is 0 Å². The van der Waals surface area contributed by atoms with Crippen LogP contribution in [0, 0.1) is 0 Å². The van der Waals surface area contributed by atoms with Gasteiger partial charge in [0.15, 0.2) is 0 Å². The van der Waals surface area contributed by atoms with Crippen LogP contribution < -0.4 is 4.72 Å². The van der Waals surface area contributed by atoms with E-state index in [-0.39, 0.29) is 36.0 Å². The number of aliphatic carboxylic acids is 1. The minimum atomic E-state index is -3.57. The van der Waals surface area contributed by atoms with Crippen molar-refractivity contribution < 1.29 is 23.1 Å². The number of carbonyl (C=O) groups is 2. The zero-order valence-electron chi connectivity index (χ0n) is 11.6. The van der Waals surface area contributed by atoms with E-state index in [1.54, 1.807) is 18.4 Å². The monoisotopic (exact) mass is 334 g/mol. The zero-order chi connectivity index (χ0) is 15.9. The lowest BCUT2D eigenvalue weighted by molar-refractivity contribution is -0.138. The highest BCUT2D eigenvalue weighted by Gasteiger charge is 2.17. The van der Waals surface area contributed by atoms with Crippen LogP contribution in [0.5, 0.6) is 0 Å². The van der Waals surface area contributed by atoms with Crippen LogP contribution in [0.25, 0.3) is 0 Å². The molecule has 0 atom stereocenters. The molecule has 9 heteroatoms. The molecule has 0 unspecified atom stereocenters. The summed E-state index contributed by atoms with van der Waals surface area (Å²) in [6.07, 6.45) is -0.126. The molecule has 0 bridgehead atoms. The highest BCUT2D eigenvalue weighted by atomic mass is 32.2. The highest BCUT2D eigenvalue weighted by molar-refractivity contribution is 7.91. The van der Waals surface area contributed by atoms with Crippen LogP contribution in [0.15, 0.2) is 21.7 Å². The van der Waals surface area contributed by atoms with Gasteiger partial charge in [-0.3, -0.25) is 9.59 Å². The molecule has 0 saturated carbocycles. The molecule has 0 aliphatic heterocycles. The van der Waals surface area contributed by atoms with Gasteiger partial charge in [-0.1, -0.05) is 6.07 Å². The predicted octanol–water partition coefficient (Wildman–Crippen LogP) is 0.740. The number of nitrogens with one attached hydrogen (secondary N) is 1. The summed E-state index contributed by atoms with van der Waals surface area (Å²) in [6.45, 7) is 2.25. The fourth-order valence-electron chi connectivity index (χ4n) is 1.63. The van der Waals surface area contributed by atoms with Crippen molar-refractivity contribution in [3.05, 3.63) is 17.5 Å². The number of hydrogen-bond donors (Lipinski definition) is 2. The van der Waals surface area contributed by atoms with Gasteiger partial charge in [0, 0.05) is 26.1 Å². The second kappa shape index (κ2) is 8.11. The first-order chi connectivity index (χ1) is 9.86. The number of nitrogens with zero attached hydrogens (tertiary/aromatic N) is 1. The van der Waals surface area contributed by atoms with Crippen LogP contribution in [-0.4, -0.2) is 49.9 Å². The molecular weight excluding hydrogens is 316 g/mol. The summed E-state index contributed by atoms with van der Waals surface area (Å²) in [4.78, 5) is 23.7. The number of amides is 1. The lowest BCUT2D eigenvalue weighted by atomic mass is 10.3. The summed E-state index contributed by atoms with van der Waals surface area (Å²) >= 11 is 1.10. The number of carboxylic acid groups (broad SMARTS) is 1. The molecule has 0 aromatic carbocycles. The molecule has 1 aromatic rings. The average molecular weight is 334 g/mol. The lowest BCUT2D eigenvalue weighted by Crippen LogP contribution is -2.35. The maximum atomic E-state index is 11.9. The van der Waals surface area contributed by atoms with Crippen LogP contribution in [0.3, 0.4) is 0 Å². The quantitative estimate of drug-likeness (QED) is 0.693. The minimum Gasteiger partial charge on any atom is -0.481 e. The van der Waals surface area contributed by atoms with Crippen LogP contribution in [0.4, 0.5) is 0 Å². The molecule has 118 valence electrons. The van der Waals surface area contributed by atoms with Gasteiger partial charge in [-0.2, -0.15) is 0 Å². The van der Waals surface area contributed by atoms with Crippen molar-refractivity contribution in [1.82, 2.24) is 9.62 Å². The molecular formula is C12H18N2O5S2. The van der Waals surface area contributed by atoms with Crippen molar-refractivity contribution in [2.75, 3.05) is 19.6 Å². The Balaban J connectivity index is 2.43. The van der Waals surface area contributed by atoms with Gasteiger partial charge in [-0.25, -0.2) is 13.1 Å². The van der Waals surface area contributed by atoms with E-state index in [1.807, 2.05) is 0 Å². The highest BCUT2D eigenvalue weighted by Crippen LogP contribution is 2.15. The molecule has 1 rings (SSSR count). The van der Waals surface area contributed by atoms with E-state index in [0.29, 0.717) is 6.54 Å². The molecule has 0 aliphatic rings. The van der Waals surface area contributed by atoms with E-state index >= 15 is 0 Å². The summed E-state index contributed by atoms with van der Waals surface area (Å²) in [6, 6.07) is 3.12. The molecule has 7 nitrogen and oxygen atoms in total. The Bertz CT molecular complexity index is 568. The molecule has 1 aromatic heterocycles. The molecule has 1 amide bonds. The van der Waals surface area contributed by atoms with E-state index in [1.165, 1.54) is 11.0 Å². The first-order valence-electron chi connectivity index (χ1n) is 6.39. The normalized spacial score (nSPS) is 11.3. The second-order valence-corrected chi connectivity index (χ2v) is 7.14. The van der Waals surface area contributed by atoms with Crippen molar-refractivity contribution in [2.45, 2.75) is 24.0 Å². The Kier molecular flexibility index (Phi) is 6.79. The molecule has 0 aliphatic carbocycles. The van der Waals surface area contributed by atoms with E-state index in [9.17, 15) is 18.0 Å². The maximum Gasteiger partial charge on any atom is 0.305 e. The maximum absolute atomic E-state index is 11.9. The zero-order valence-corrected chi connectivity index (χ0v) is 13.2. The molecule has 0 radical (unpaired) electrons. The molecule has 0 spiro atoms. The third-order valence-corrected chi connectivity index (χ3v) is 5.58. The Morgan fingerprint density at radius 2 is 2.10 bits per heavy atom. The topological polar surface area (TPSA) is 104 Å². The second-order valence-electron chi connectivity index (χ2n) is 4.20. The fraction of sp³-hybridized carbons (Fsp3) is 0.500. The van der Waals surface area contributed by atoms with Gasteiger partial charge in [-0.05, 0) is 18.4 Å². The Morgan fingerprint density at radius 1 is 1.38 bits per heavy atom. The van der Waals surface area contributed by atoms with Gasteiger partial charge in [0.25, 0.3) is 0 Å². The third kappa shape index (κ3) is 5.82. The predicted molar refractivity (Wildman–Crippen MR) is 78.6 cm³/mol. The van der Waals surface area contributed by atoms with Crippen LogP contribution in [-0.2, 0) is 19.6 Å². The number of thiophene rings is 1. The third-order valence-electron chi connectivity index (χ3n) is 2.72. The molecule has 1 heterocycles. The summed E-state index contributed by atoms with van der Waals surface area (Å²) < 4.78 is 26.2. The van der Waals surface area contributed by atoms with Gasteiger partial charge >= 0.3 is 5.97 Å². The van der Waals surface area contributed by atoms with Crippen molar-refractivity contribution in [3.8, 4) is 0 Å². The first kappa shape index (κ1) is 17.6. The number of carboxylic acids is 1. The molecule has 0 fully saturated rings. The number of sulfonamides is 1. The summed E-state index contributed by atoms with van der Waals surface area (Å²) in [5.74, 6) is -1.24. The summed E-state index contributed by atoms with van der Waals surface area (Å²) in [5, 5.41) is 10.3. The van der Waals surface area contributed by atoms with E-state index in [4.69, 9.17) is 5.11 Å². The minimum absolute atomic E-state index is 0.00192. The Hall–Kier alpha value is -1.45. The smallest absolute Gasteiger partial charge is 0.305 e. The average Bonchev–Trinajstić information content (AvgIpc) is 2.93. The van der Waals surface area contributed by atoms with Crippen LogP contribution in [0.2, 0.25) is 0 Å². The van der Waals surface area contributed by atoms with Crippen molar-refractivity contribution in [2.24, 2.45) is 0 Å². The molecule has 0 saturated heterocycles. The van der Waals surface area contributed by atoms with Gasteiger partial charge < -0.3 is 10.0 Å². The van der Waals surface area contributed by atoms with E-state index < -0.39 is 16.0 Å². The van der Waals surface area contributed by atoms with Gasteiger partial charge in [0.05, 0.1) is 6.42 Å². The standard InChI is InChI=1S/C12H18N2O5S2/c1-2-14(8-6-11(16)17)10(15)5-7-13-21(18,19)12-4-3-9-20-12/h3-4,9,13H,2,5-8H2,1H3,(H,16,17). The van der Waals surface area contributed by atoms with Gasteiger partial charge in [0.1, 0.15) is 4.21 Å². The van der Waals surface area contributed by atoms with Gasteiger partial charge in [0.2, 0.25) is 15.9 Å². The molecule has 2 N–H and O–H groups in total. The SMILES string of the molecule is CCN(CCC(=O)O)C(=O)CCNS(=O)(=O)c1cccs1. The number of hydrogen-bond acceptors (Lipinski definition) is 5. The first-order valence-corrected chi connectivity index (χ1v) is 8.76. The summed E-state index contributed by atoms with van der Waals surface area (Å²) in [5.41, 5.74) is 0. The van der Waals surface area contributed by atoms with E-state index in [2.05, 4.69) is 4.72 Å². The van der Waals surface area contributed by atoms with Crippen LogP contribution in [0.1, 0.15) is 19.8 Å². The molecule has 21 heavy (non-hydrogen) atoms. The summed E-state index contributed by atoms with van der Waals surface area (Å²) in [7, 11) is -3.57. The number of rotatable bonds is 9. The fourth-order valence-corrected chi connectivity index (χ4v) is 3.70.